The molecule has 4 rings (SSSR count). The van der Waals surface area contributed by atoms with E-state index in [0.717, 1.165) is 0 Å². The number of fused-ring (bicyclic) bond motifs is 5. The molecule has 0 aromatic rings. The summed E-state index contributed by atoms with van der Waals surface area (Å²) in [4.78, 5) is 13.3. The molecule has 0 amide bonds. The van der Waals surface area contributed by atoms with Crippen molar-refractivity contribution in [1.82, 2.24) is 0 Å². The minimum atomic E-state index is -1.89. The summed E-state index contributed by atoms with van der Waals surface area (Å²) in [6.45, 7) is 8.43. The van der Waals surface area contributed by atoms with E-state index in [1.807, 2.05) is 13.0 Å². The Labute approximate surface area is 207 Å². The Morgan fingerprint density at radius 3 is 2.23 bits per heavy atom. The number of allylic oxidation sites excluding steroid dienone is 1. The number of hydrogen-bond acceptors (Lipinski definition) is 8. The third kappa shape index (κ3) is 3.63. The van der Waals surface area contributed by atoms with E-state index in [0.29, 0.717) is 30.4 Å². The van der Waals surface area contributed by atoms with Crippen LogP contribution >= 0.6 is 0 Å². The SMILES string of the molecule is CC(C)(O)CCC(O)C(C)(O)C1CCC2(O)C3=CC(=O)C4(O)CC(O)C(O)CC4(C)C3=CCC12C. The molecule has 0 aliphatic heterocycles. The van der Waals surface area contributed by atoms with Gasteiger partial charge in [-0.15, -0.1) is 0 Å². The number of aliphatic hydroxyl groups is 7. The van der Waals surface area contributed by atoms with Crippen molar-refractivity contribution in [1.29, 1.82) is 0 Å². The lowest BCUT2D eigenvalue weighted by Gasteiger charge is -2.59. The van der Waals surface area contributed by atoms with E-state index in [-0.39, 0.29) is 25.7 Å². The molecule has 198 valence electrons. The van der Waals surface area contributed by atoms with Crippen molar-refractivity contribution in [2.75, 3.05) is 0 Å². The van der Waals surface area contributed by atoms with Crippen molar-refractivity contribution in [3.8, 4) is 0 Å². The normalized spacial score (nSPS) is 46.1. The van der Waals surface area contributed by atoms with Crippen molar-refractivity contribution < 1.29 is 40.5 Å². The van der Waals surface area contributed by atoms with E-state index in [1.165, 1.54) is 6.08 Å². The zero-order chi connectivity index (χ0) is 26.4. The fourth-order valence-electron chi connectivity index (χ4n) is 7.66. The predicted octanol–water partition coefficient (Wildman–Crippen LogP) is 0.889. The molecular weight excluding hydrogens is 452 g/mol. The Kier molecular flexibility index (Phi) is 6.10. The van der Waals surface area contributed by atoms with Gasteiger partial charge in [-0.3, -0.25) is 4.79 Å². The van der Waals surface area contributed by atoms with Gasteiger partial charge in [0.1, 0.15) is 5.60 Å². The lowest BCUT2D eigenvalue weighted by Crippen LogP contribution is -2.66. The lowest BCUT2D eigenvalue weighted by molar-refractivity contribution is -0.180. The van der Waals surface area contributed by atoms with E-state index in [2.05, 4.69) is 0 Å². The number of carbonyl (C=O) groups is 1. The van der Waals surface area contributed by atoms with Gasteiger partial charge in [0.15, 0.2) is 5.78 Å². The van der Waals surface area contributed by atoms with Gasteiger partial charge in [0.25, 0.3) is 0 Å². The van der Waals surface area contributed by atoms with E-state index in [1.54, 1.807) is 27.7 Å². The summed E-state index contributed by atoms with van der Waals surface area (Å²) in [5.41, 5.74) is -6.99. The molecule has 0 saturated heterocycles. The van der Waals surface area contributed by atoms with Crippen molar-refractivity contribution in [3.63, 3.8) is 0 Å². The van der Waals surface area contributed by atoms with Crippen LogP contribution < -0.4 is 0 Å². The first-order chi connectivity index (χ1) is 15.8. The molecule has 2 fully saturated rings. The molecular formula is C27H42O8. The minimum absolute atomic E-state index is 0.0246. The van der Waals surface area contributed by atoms with Crippen LogP contribution in [0, 0.1) is 16.7 Å². The zero-order valence-corrected chi connectivity index (χ0v) is 21.5. The first kappa shape index (κ1) is 26.9. The fourth-order valence-corrected chi connectivity index (χ4v) is 7.66. The number of ketones is 1. The monoisotopic (exact) mass is 494 g/mol. The van der Waals surface area contributed by atoms with Gasteiger partial charge < -0.3 is 35.7 Å². The first-order valence-electron chi connectivity index (χ1n) is 12.7. The molecule has 0 heterocycles. The average molecular weight is 495 g/mol. The van der Waals surface area contributed by atoms with Gasteiger partial charge in [0.2, 0.25) is 0 Å². The van der Waals surface area contributed by atoms with Crippen molar-refractivity contribution >= 4 is 5.78 Å². The van der Waals surface area contributed by atoms with Crippen LogP contribution in [-0.2, 0) is 4.79 Å². The highest BCUT2D eigenvalue weighted by atomic mass is 16.3. The van der Waals surface area contributed by atoms with Crippen LogP contribution in [0.15, 0.2) is 23.3 Å². The molecule has 7 N–H and O–H groups in total. The summed E-state index contributed by atoms with van der Waals surface area (Å²) >= 11 is 0. The highest BCUT2D eigenvalue weighted by molar-refractivity contribution is 6.02. The third-order valence-corrected chi connectivity index (χ3v) is 10.1. The molecule has 4 aliphatic rings. The van der Waals surface area contributed by atoms with Crippen molar-refractivity contribution in [2.24, 2.45) is 16.7 Å². The van der Waals surface area contributed by atoms with Crippen LogP contribution in [-0.4, -0.2) is 82.2 Å². The maximum absolute atomic E-state index is 13.3. The topological polar surface area (TPSA) is 159 Å². The van der Waals surface area contributed by atoms with Crippen LogP contribution in [0.5, 0.6) is 0 Å². The van der Waals surface area contributed by atoms with Crippen LogP contribution in [0.4, 0.5) is 0 Å². The number of carbonyl (C=O) groups excluding carboxylic acids is 1. The third-order valence-electron chi connectivity index (χ3n) is 10.1. The fraction of sp³-hybridized carbons (Fsp3) is 0.815. The van der Waals surface area contributed by atoms with E-state index in [9.17, 15) is 40.5 Å². The highest BCUT2D eigenvalue weighted by Gasteiger charge is 2.69. The number of hydrogen-bond donors (Lipinski definition) is 7. The number of aliphatic hydroxyl groups excluding tert-OH is 3. The first-order valence-corrected chi connectivity index (χ1v) is 12.7. The molecule has 4 aliphatic carbocycles. The predicted molar refractivity (Wildman–Crippen MR) is 128 cm³/mol. The molecule has 8 heteroatoms. The van der Waals surface area contributed by atoms with E-state index in [4.69, 9.17) is 0 Å². The Hall–Kier alpha value is -1.13. The Morgan fingerprint density at radius 2 is 1.63 bits per heavy atom. The molecule has 0 radical (unpaired) electrons. The summed E-state index contributed by atoms with van der Waals surface area (Å²) in [7, 11) is 0. The zero-order valence-electron chi connectivity index (χ0n) is 21.5. The van der Waals surface area contributed by atoms with Crippen molar-refractivity contribution in [3.05, 3.63) is 23.3 Å². The highest BCUT2D eigenvalue weighted by Crippen LogP contribution is 2.67. The quantitative estimate of drug-likeness (QED) is 0.297. The molecule has 9 atom stereocenters. The summed E-state index contributed by atoms with van der Waals surface area (Å²) in [5, 5.41) is 76.8. The van der Waals surface area contributed by atoms with Crippen LogP contribution in [0.1, 0.15) is 79.6 Å². The van der Waals surface area contributed by atoms with Gasteiger partial charge in [-0.1, -0.05) is 19.9 Å². The summed E-state index contributed by atoms with van der Waals surface area (Å²) in [6.07, 6.45) is 0.914. The maximum atomic E-state index is 13.3. The second kappa shape index (κ2) is 7.93. The molecule has 2 saturated carbocycles. The molecule has 35 heavy (non-hydrogen) atoms. The number of rotatable bonds is 5. The second-order valence-corrected chi connectivity index (χ2v) is 12.9. The van der Waals surface area contributed by atoms with Gasteiger partial charge in [-0.05, 0) is 82.4 Å². The summed E-state index contributed by atoms with van der Waals surface area (Å²) < 4.78 is 0. The van der Waals surface area contributed by atoms with E-state index < -0.39 is 63.2 Å². The van der Waals surface area contributed by atoms with Crippen LogP contribution in [0.2, 0.25) is 0 Å². The smallest absolute Gasteiger partial charge is 0.188 e. The molecule has 0 bridgehead atoms. The molecule has 8 nitrogen and oxygen atoms in total. The van der Waals surface area contributed by atoms with Crippen molar-refractivity contribution in [2.45, 2.75) is 120 Å². The molecule has 0 aromatic carbocycles. The summed E-state index contributed by atoms with van der Waals surface area (Å²) in [5.74, 6) is -1.10. The second-order valence-electron chi connectivity index (χ2n) is 12.9. The molecule has 0 aromatic heterocycles. The van der Waals surface area contributed by atoms with Gasteiger partial charge in [-0.25, -0.2) is 0 Å². The van der Waals surface area contributed by atoms with Crippen LogP contribution in [0.3, 0.4) is 0 Å². The lowest BCUT2D eigenvalue weighted by atomic mass is 9.48. The van der Waals surface area contributed by atoms with E-state index >= 15 is 0 Å². The van der Waals surface area contributed by atoms with Gasteiger partial charge in [0.05, 0.1) is 35.1 Å². The Bertz CT molecular complexity index is 963. The average Bonchev–Trinajstić information content (AvgIpc) is 3.01. The van der Waals surface area contributed by atoms with Crippen LogP contribution in [0.25, 0.3) is 0 Å². The Balaban J connectivity index is 1.73. The summed E-state index contributed by atoms with van der Waals surface area (Å²) in [6, 6.07) is 0. The Morgan fingerprint density at radius 1 is 1.03 bits per heavy atom. The van der Waals surface area contributed by atoms with Gasteiger partial charge >= 0.3 is 0 Å². The standard InChI is InChI=1S/C27H42O8/c1-22(2,32)9-8-20(30)25(5,33)19-7-11-26(34)16-12-21(31)27(35)14-18(29)17(28)13-24(27,4)15(16)6-10-23(19,26)3/h6,12,17-20,28-30,32-35H,7-11,13-14H2,1-5H3. The minimum Gasteiger partial charge on any atom is -0.390 e. The molecule has 9 unspecified atom stereocenters. The largest absolute Gasteiger partial charge is 0.390 e. The van der Waals surface area contributed by atoms with Gasteiger partial charge in [-0.2, -0.15) is 0 Å². The maximum Gasteiger partial charge on any atom is 0.188 e. The molecule has 0 spiro atoms. The van der Waals surface area contributed by atoms with Gasteiger partial charge in [0, 0.05) is 17.3 Å².